The highest BCUT2D eigenvalue weighted by molar-refractivity contribution is 6.30. The van der Waals surface area contributed by atoms with E-state index in [1.807, 2.05) is 13.8 Å². The molecule has 0 amide bonds. The maximum atomic E-state index is 12.3. The van der Waals surface area contributed by atoms with Crippen LogP contribution in [0.2, 0.25) is 0 Å². The van der Waals surface area contributed by atoms with Crippen molar-refractivity contribution >= 4 is 23.5 Å². The van der Waals surface area contributed by atoms with Gasteiger partial charge < -0.3 is 4.74 Å². The van der Waals surface area contributed by atoms with E-state index in [2.05, 4.69) is 4.74 Å². The van der Waals surface area contributed by atoms with E-state index in [0.29, 0.717) is 12.8 Å². The number of allylic oxidation sites excluding steroid dienone is 4. The molecular weight excluding hydrogens is 266 g/mol. The molecule has 0 aromatic heterocycles. The van der Waals surface area contributed by atoms with E-state index in [0.717, 1.165) is 0 Å². The third-order valence-corrected chi connectivity index (χ3v) is 2.25. The maximum Gasteiger partial charge on any atom is 0.314 e. The number of hydrogen-bond acceptors (Lipinski definition) is 3. The fraction of sp³-hybridized carbons (Fsp3) is 0.500. The first-order chi connectivity index (χ1) is 8.50. The normalized spacial score (nSPS) is 18.2. The van der Waals surface area contributed by atoms with Crippen LogP contribution >= 0.6 is 11.6 Å². The molecule has 0 aromatic carbocycles. The predicted octanol–water partition coefficient (Wildman–Crippen LogP) is 3.93. The van der Waals surface area contributed by atoms with Crippen molar-refractivity contribution in [2.45, 2.75) is 39.5 Å². The summed E-state index contributed by atoms with van der Waals surface area (Å²) < 4.78 is 28.5. The standard InChI is InChI=1S/C6H5ClF2.C4H4O3.C2H6/c7-4-2-1-3-5(8)6(4)9;5-3-1-2-4(6)7-3;1-2/h3H,1-2H2;1-2H2;1-2H3. The third-order valence-electron chi connectivity index (χ3n) is 1.90. The number of hydrogen-bond donors (Lipinski definition) is 0. The van der Waals surface area contributed by atoms with E-state index in [1.165, 1.54) is 6.08 Å². The molecule has 1 heterocycles. The van der Waals surface area contributed by atoms with E-state index in [-0.39, 0.29) is 17.9 Å². The second kappa shape index (κ2) is 8.80. The number of carbonyl (C=O) groups excluding carboxylic acids is 2. The lowest BCUT2D eigenvalue weighted by Crippen LogP contribution is -1.94. The molecule has 18 heavy (non-hydrogen) atoms. The van der Waals surface area contributed by atoms with Gasteiger partial charge in [0, 0.05) is 0 Å². The molecule has 0 saturated carbocycles. The molecule has 0 aromatic rings. The highest BCUT2D eigenvalue weighted by Gasteiger charge is 2.19. The van der Waals surface area contributed by atoms with Crippen LogP contribution in [0.15, 0.2) is 22.8 Å². The van der Waals surface area contributed by atoms with Crippen LogP contribution in [-0.4, -0.2) is 11.9 Å². The Morgan fingerprint density at radius 2 is 1.61 bits per heavy atom. The SMILES string of the molecule is CC.FC1=CCCC(Cl)=C1F.O=C1CCC(=O)O1. The van der Waals surface area contributed by atoms with Crippen molar-refractivity contribution in [2.75, 3.05) is 0 Å². The van der Waals surface area contributed by atoms with Crippen LogP contribution < -0.4 is 0 Å². The van der Waals surface area contributed by atoms with Gasteiger partial charge in [-0.2, -0.15) is 0 Å². The molecule has 0 unspecified atom stereocenters. The maximum absolute atomic E-state index is 12.3. The van der Waals surface area contributed by atoms with Gasteiger partial charge in [0.15, 0.2) is 11.7 Å². The van der Waals surface area contributed by atoms with Crippen LogP contribution in [0.1, 0.15) is 39.5 Å². The lowest BCUT2D eigenvalue weighted by Gasteiger charge is -2.03. The van der Waals surface area contributed by atoms with Gasteiger partial charge >= 0.3 is 11.9 Å². The summed E-state index contributed by atoms with van der Waals surface area (Å²) in [5.74, 6) is -2.52. The van der Waals surface area contributed by atoms with Crippen molar-refractivity contribution in [3.8, 4) is 0 Å². The lowest BCUT2D eigenvalue weighted by molar-refractivity contribution is -0.151. The van der Waals surface area contributed by atoms with E-state index in [4.69, 9.17) is 11.6 Å². The second-order valence-corrected chi connectivity index (χ2v) is 3.61. The van der Waals surface area contributed by atoms with E-state index >= 15 is 0 Å². The zero-order valence-corrected chi connectivity index (χ0v) is 11.0. The molecule has 1 saturated heterocycles. The summed E-state index contributed by atoms with van der Waals surface area (Å²) >= 11 is 5.29. The molecule has 1 fully saturated rings. The topological polar surface area (TPSA) is 43.4 Å². The van der Waals surface area contributed by atoms with Gasteiger partial charge in [0.2, 0.25) is 0 Å². The Morgan fingerprint density at radius 3 is 1.89 bits per heavy atom. The Bertz CT molecular complexity index is 362. The highest BCUT2D eigenvalue weighted by Crippen LogP contribution is 2.28. The van der Waals surface area contributed by atoms with Gasteiger partial charge in [-0.3, -0.25) is 9.59 Å². The Labute approximate surface area is 109 Å². The monoisotopic (exact) mass is 280 g/mol. The molecule has 1 aliphatic carbocycles. The minimum Gasteiger partial charge on any atom is -0.393 e. The van der Waals surface area contributed by atoms with Crippen LogP contribution in [0, 0.1) is 0 Å². The first-order valence-electron chi connectivity index (χ1n) is 5.64. The minimum atomic E-state index is -0.900. The van der Waals surface area contributed by atoms with Crippen LogP contribution in [0.3, 0.4) is 0 Å². The zero-order chi connectivity index (χ0) is 14.1. The molecule has 2 aliphatic rings. The van der Waals surface area contributed by atoms with Crippen molar-refractivity contribution in [1.82, 2.24) is 0 Å². The molecule has 0 radical (unpaired) electrons. The van der Waals surface area contributed by atoms with Crippen molar-refractivity contribution in [3.63, 3.8) is 0 Å². The average molecular weight is 281 g/mol. The summed E-state index contributed by atoms with van der Waals surface area (Å²) in [6, 6.07) is 0. The number of rotatable bonds is 0. The Balaban J connectivity index is 0.000000289. The zero-order valence-electron chi connectivity index (χ0n) is 10.3. The van der Waals surface area contributed by atoms with Gasteiger partial charge in [-0.15, -0.1) is 0 Å². The predicted molar refractivity (Wildman–Crippen MR) is 64.1 cm³/mol. The van der Waals surface area contributed by atoms with Crippen molar-refractivity contribution < 1.29 is 23.1 Å². The van der Waals surface area contributed by atoms with Gasteiger partial charge in [-0.05, 0) is 18.9 Å². The average Bonchev–Trinajstić information content (AvgIpc) is 2.73. The molecular formula is C12H15ClF2O3. The first-order valence-corrected chi connectivity index (χ1v) is 6.02. The van der Waals surface area contributed by atoms with Crippen molar-refractivity contribution in [2.24, 2.45) is 0 Å². The van der Waals surface area contributed by atoms with Crippen LogP contribution in [0.4, 0.5) is 8.78 Å². The molecule has 6 heteroatoms. The van der Waals surface area contributed by atoms with Crippen molar-refractivity contribution in [1.29, 1.82) is 0 Å². The number of carbonyl (C=O) groups is 2. The molecule has 3 nitrogen and oxygen atoms in total. The molecule has 102 valence electrons. The van der Waals surface area contributed by atoms with Crippen LogP contribution in [-0.2, 0) is 14.3 Å². The number of cyclic esters (lactones) is 2. The summed E-state index contributed by atoms with van der Waals surface area (Å²) in [4.78, 5) is 20.0. The van der Waals surface area contributed by atoms with E-state index in [9.17, 15) is 18.4 Å². The summed E-state index contributed by atoms with van der Waals surface area (Å²) in [5.41, 5.74) is 0. The second-order valence-electron chi connectivity index (χ2n) is 3.16. The largest absolute Gasteiger partial charge is 0.393 e. The first kappa shape index (κ1) is 16.8. The van der Waals surface area contributed by atoms with Gasteiger partial charge in [-0.1, -0.05) is 25.4 Å². The Morgan fingerprint density at radius 1 is 1.11 bits per heavy atom. The third kappa shape index (κ3) is 5.91. The smallest absolute Gasteiger partial charge is 0.314 e. The van der Waals surface area contributed by atoms with E-state index < -0.39 is 23.6 Å². The summed E-state index contributed by atoms with van der Waals surface area (Å²) in [6.45, 7) is 4.00. The minimum absolute atomic E-state index is 0.00463. The number of ether oxygens (including phenoxy) is 1. The summed E-state index contributed by atoms with van der Waals surface area (Å²) in [7, 11) is 0. The summed E-state index contributed by atoms with van der Waals surface area (Å²) in [6.07, 6.45) is 2.64. The van der Waals surface area contributed by atoms with Gasteiger partial charge in [0.1, 0.15) is 0 Å². The van der Waals surface area contributed by atoms with Gasteiger partial charge in [0.25, 0.3) is 0 Å². The molecule has 0 spiro atoms. The fourth-order valence-electron chi connectivity index (χ4n) is 1.09. The quantitative estimate of drug-likeness (QED) is 0.499. The van der Waals surface area contributed by atoms with Crippen LogP contribution in [0.5, 0.6) is 0 Å². The molecule has 1 aliphatic heterocycles. The Hall–Kier alpha value is -1.23. The summed E-state index contributed by atoms with van der Waals surface area (Å²) in [5, 5.41) is -0.00463. The number of esters is 2. The molecule has 2 rings (SSSR count). The van der Waals surface area contributed by atoms with Gasteiger partial charge in [-0.25, -0.2) is 8.78 Å². The molecule has 0 atom stereocenters. The fourth-order valence-corrected chi connectivity index (χ4v) is 1.29. The van der Waals surface area contributed by atoms with Crippen LogP contribution in [0.25, 0.3) is 0 Å². The van der Waals surface area contributed by atoms with Gasteiger partial charge in [0.05, 0.1) is 17.9 Å². The molecule has 0 N–H and O–H groups in total. The van der Waals surface area contributed by atoms with Crippen molar-refractivity contribution in [3.05, 3.63) is 22.8 Å². The van der Waals surface area contributed by atoms with E-state index in [1.54, 1.807) is 0 Å². The molecule has 0 bridgehead atoms. The number of halogens is 3. The highest BCUT2D eigenvalue weighted by atomic mass is 35.5. The lowest BCUT2D eigenvalue weighted by atomic mass is 10.2. The Kier molecular flexibility index (Phi) is 8.20.